The van der Waals surface area contributed by atoms with Gasteiger partial charge in [-0.05, 0) is 29.8 Å². The Labute approximate surface area is 159 Å². The molecule has 0 saturated carbocycles. The van der Waals surface area contributed by atoms with Crippen molar-refractivity contribution in [1.29, 1.82) is 0 Å². The first-order valence-electron chi connectivity index (χ1n) is 8.45. The number of aliphatic hydroxyl groups excluding tert-OH is 1. The lowest BCUT2D eigenvalue weighted by Crippen LogP contribution is -2.33. The predicted octanol–water partition coefficient (Wildman–Crippen LogP) is 4.00. The van der Waals surface area contributed by atoms with Crippen molar-refractivity contribution in [1.82, 2.24) is 9.88 Å². The maximum absolute atomic E-state index is 12.7. The summed E-state index contributed by atoms with van der Waals surface area (Å²) < 4.78 is 43.3. The minimum atomic E-state index is -4.43. The molecule has 2 aromatic carbocycles. The highest BCUT2D eigenvalue weighted by Gasteiger charge is 2.30. The molecule has 1 N–H and O–H groups in total. The van der Waals surface area contributed by atoms with Crippen LogP contribution in [0.15, 0.2) is 65.3 Å². The van der Waals surface area contributed by atoms with Crippen LogP contribution in [0.25, 0.3) is 11.5 Å². The van der Waals surface area contributed by atoms with Gasteiger partial charge in [0.25, 0.3) is 5.91 Å². The molecule has 3 rings (SSSR count). The molecular weight excluding hydrogens is 373 g/mol. The minimum Gasteiger partial charge on any atom is -0.444 e. The number of carbonyl (C=O) groups excluding carboxylic acids is 1. The number of halogens is 3. The number of alkyl halides is 3. The summed E-state index contributed by atoms with van der Waals surface area (Å²) in [5.74, 6) is -0.402. The number of nitrogens with zero attached hydrogens (tertiary/aromatic N) is 2. The second-order valence-electron chi connectivity index (χ2n) is 6.05. The van der Waals surface area contributed by atoms with Crippen LogP contribution >= 0.6 is 0 Å². The molecule has 28 heavy (non-hydrogen) atoms. The summed E-state index contributed by atoms with van der Waals surface area (Å²) in [6.45, 7) is 0.168. The summed E-state index contributed by atoms with van der Waals surface area (Å²) in [5, 5.41) is 9.26. The average Bonchev–Trinajstić information content (AvgIpc) is 3.17. The van der Waals surface area contributed by atoms with Crippen molar-refractivity contribution in [3.05, 3.63) is 77.7 Å². The molecule has 146 valence electrons. The van der Waals surface area contributed by atoms with Gasteiger partial charge in [-0.15, -0.1) is 0 Å². The smallest absolute Gasteiger partial charge is 0.416 e. The number of aliphatic hydroxyl groups is 1. The number of hydrogen-bond acceptors (Lipinski definition) is 4. The molecule has 3 aromatic rings. The first kappa shape index (κ1) is 19.6. The maximum atomic E-state index is 12.7. The van der Waals surface area contributed by atoms with Crippen LogP contribution in [0.4, 0.5) is 13.2 Å². The number of rotatable bonds is 6. The first-order chi connectivity index (χ1) is 13.4. The van der Waals surface area contributed by atoms with Gasteiger partial charge in [0, 0.05) is 18.7 Å². The van der Waals surface area contributed by atoms with E-state index in [1.165, 1.54) is 17.0 Å². The van der Waals surface area contributed by atoms with Crippen LogP contribution in [0.5, 0.6) is 0 Å². The molecule has 0 saturated heterocycles. The maximum Gasteiger partial charge on any atom is 0.416 e. The van der Waals surface area contributed by atoms with Crippen molar-refractivity contribution < 1.29 is 27.5 Å². The molecule has 8 heteroatoms. The summed E-state index contributed by atoms with van der Waals surface area (Å²) >= 11 is 0. The highest BCUT2D eigenvalue weighted by atomic mass is 19.4. The number of amides is 1. The number of carbonyl (C=O) groups is 1. The van der Waals surface area contributed by atoms with Gasteiger partial charge < -0.3 is 14.4 Å². The standard InChI is InChI=1S/C20H17F3N2O3/c21-20(22,23)16-8-6-15(7-9-16)18-24-17(13-28-18)19(27)25(10-11-26)12-14-4-2-1-3-5-14/h1-9,13,26H,10-12H2. The van der Waals surface area contributed by atoms with Crippen molar-refractivity contribution in [2.75, 3.05) is 13.2 Å². The van der Waals surface area contributed by atoms with Crippen molar-refractivity contribution in [3.8, 4) is 11.5 Å². The van der Waals surface area contributed by atoms with E-state index in [0.29, 0.717) is 5.56 Å². The normalized spacial score (nSPS) is 11.4. The van der Waals surface area contributed by atoms with Gasteiger partial charge in [0.1, 0.15) is 6.26 Å². The van der Waals surface area contributed by atoms with Crippen LogP contribution < -0.4 is 0 Å². The molecule has 0 radical (unpaired) electrons. The van der Waals surface area contributed by atoms with Crippen LogP contribution in [0.2, 0.25) is 0 Å². The van der Waals surface area contributed by atoms with Gasteiger partial charge in [-0.3, -0.25) is 4.79 Å². The van der Waals surface area contributed by atoms with E-state index >= 15 is 0 Å². The molecular formula is C20H17F3N2O3. The lowest BCUT2D eigenvalue weighted by molar-refractivity contribution is -0.137. The molecule has 0 bridgehead atoms. The van der Waals surface area contributed by atoms with E-state index in [9.17, 15) is 23.1 Å². The van der Waals surface area contributed by atoms with E-state index in [2.05, 4.69) is 4.98 Å². The van der Waals surface area contributed by atoms with E-state index < -0.39 is 17.6 Å². The third kappa shape index (κ3) is 4.58. The van der Waals surface area contributed by atoms with Gasteiger partial charge in [-0.1, -0.05) is 30.3 Å². The Morgan fingerprint density at radius 3 is 2.36 bits per heavy atom. The van der Waals surface area contributed by atoms with Crippen LogP contribution in [0.3, 0.4) is 0 Å². The summed E-state index contributed by atoms with van der Waals surface area (Å²) in [4.78, 5) is 18.2. The van der Waals surface area contributed by atoms with E-state index in [-0.39, 0.29) is 31.3 Å². The largest absolute Gasteiger partial charge is 0.444 e. The summed E-state index contributed by atoms with van der Waals surface area (Å²) in [6, 6.07) is 13.6. The zero-order valence-corrected chi connectivity index (χ0v) is 14.7. The number of hydrogen-bond donors (Lipinski definition) is 1. The van der Waals surface area contributed by atoms with Crippen LogP contribution in [-0.2, 0) is 12.7 Å². The molecule has 0 aliphatic carbocycles. The molecule has 0 unspecified atom stereocenters. The highest BCUT2D eigenvalue weighted by Crippen LogP contribution is 2.30. The topological polar surface area (TPSA) is 66.6 Å². The molecule has 0 aliphatic heterocycles. The lowest BCUT2D eigenvalue weighted by Gasteiger charge is -2.20. The average molecular weight is 390 g/mol. The van der Waals surface area contributed by atoms with Gasteiger partial charge in [0.2, 0.25) is 5.89 Å². The van der Waals surface area contributed by atoms with E-state index in [1.54, 1.807) is 0 Å². The molecule has 0 aliphatic rings. The monoisotopic (exact) mass is 390 g/mol. The van der Waals surface area contributed by atoms with Gasteiger partial charge in [0.15, 0.2) is 5.69 Å². The third-order valence-electron chi connectivity index (χ3n) is 4.06. The first-order valence-corrected chi connectivity index (χ1v) is 8.45. The molecule has 1 heterocycles. The molecule has 0 spiro atoms. The van der Waals surface area contributed by atoms with Gasteiger partial charge >= 0.3 is 6.18 Å². The predicted molar refractivity (Wildman–Crippen MR) is 95.2 cm³/mol. The molecule has 1 amide bonds. The zero-order valence-electron chi connectivity index (χ0n) is 14.7. The van der Waals surface area contributed by atoms with Gasteiger partial charge in [-0.2, -0.15) is 13.2 Å². The Hall–Kier alpha value is -3.13. The highest BCUT2D eigenvalue weighted by molar-refractivity contribution is 5.92. The van der Waals surface area contributed by atoms with Crippen molar-refractivity contribution in [2.24, 2.45) is 0 Å². The van der Waals surface area contributed by atoms with E-state index in [1.807, 2.05) is 30.3 Å². The second-order valence-corrected chi connectivity index (χ2v) is 6.05. The molecule has 1 aromatic heterocycles. The SMILES string of the molecule is O=C(c1coc(-c2ccc(C(F)(F)F)cc2)n1)N(CCO)Cc1ccccc1. The quantitative estimate of drug-likeness (QED) is 0.691. The number of aromatic nitrogens is 1. The Morgan fingerprint density at radius 2 is 1.75 bits per heavy atom. The fourth-order valence-corrected chi connectivity index (χ4v) is 2.65. The lowest BCUT2D eigenvalue weighted by atomic mass is 10.1. The van der Waals surface area contributed by atoms with Crippen molar-refractivity contribution >= 4 is 5.91 Å². The van der Waals surface area contributed by atoms with Crippen LogP contribution in [-0.4, -0.2) is 34.0 Å². The van der Waals surface area contributed by atoms with Crippen LogP contribution in [0.1, 0.15) is 21.6 Å². The van der Waals surface area contributed by atoms with Crippen LogP contribution in [0, 0.1) is 0 Å². The Morgan fingerprint density at radius 1 is 1.07 bits per heavy atom. The van der Waals surface area contributed by atoms with Crippen molar-refractivity contribution in [2.45, 2.75) is 12.7 Å². The molecule has 5 nitrogen and oxygen atoms in total. The Bertz CT molecular complexity index is 922. The number of oxazole rings is 1. The molecule has 0 atom stereocenters. The van der Waals surface area contributed by atoms with Gasteiger partial charge in [0.05, 0.1) is 12.2 Å². The second kappa shape index (κ2) is 8.26. The van der Waals surface area contributed by atoms with Gasteiger partial charge in [-0.25, -0.2) is 4.98 Å². The summed E-state index contributed by atoms with van der Waals surface area (Å²) in [7, 11) is 0. The number of benzene rings is 2. The van der Waals surface area contributed by atoms with E-state index in [0.717, 1.165) is 24.0 Å². The van der Waals surface area contributed by atoms with Crippen molar-refractivity contribution in [3.63, 3.8) is 0 Å². The summed E-state index contributed by atoms with van der Waals surface area (Å²) in [6.07, 6.45) is -3.27. The third-order valence-corrected chi connectivity index (χ3v) is 4.06. The summed E-state index contributed by atoms with van der Waals surface area (Å²) in [5.41, 5.74) is 0.440. The minimum absolute atomic E-state index is 0.0132. The van der Waals surface area contributed by atoms with E-state index in [4.69, 9.17) is 4.42 Å². The fraction of sp³-hybridized carbons (Fsp3) is 0.200. The molecule has 0 fully saturated rings. The fourth-order valence-electron chi connectivity index (χ4n) is 2.65. The zero-order chi connectivity index (χ0) is 20.1. The Balaban J connectivity index is 1.78. The Kier molecular flexibility index (Phi) is 5.79.